The maximum Gasteiger partial charge on any atom is 0.201 e. The van der Waals surface area contributed by atoms with E-state index in [0.717, 1.165) is 43.4 Å². The first-order chi connectivity index (χ1) is 9.26. The lowest BCUT2D eigenvalue weighted by Gasteiger charge is -2.06. The monoisotopic (exact) mass is 258 g/mol. The molecule has 0 fully saturated rings. The number of aromatic nitrogens is 2. The van der Waals surface area contributed by atoms with Crippen LogP contribution in [-0.2, 0) is 11.3 Å². The van der Waals surface area contributed by atoms with Crippen molar-refractivity contribution < 1.29 is 4.74 Å². The van der Waals surface area contributed by atoms with Gasteiger partial charge >= 0.3 is 0 Å². The van der Waals surface area contributed by atoms with Crippen molar-refractivity contribution in [1.82, 2.24) is 9.55 Å². The van der Waals surface area contributed by atoms with Crippen molar-refractivity contribution in [3.8, 4) is 6.07 Å². The Balaban J connectivity index is 2.13. The fourth-order valence-corrected chi connectivity index (χ4v) is 2.14. The van der Waals surface area contributed by atoms with E-state index < -0.39 is 0 Å². The van der Waals surface area contributed by atoms with Gasteiger partial charge in [-0.05, 0) is 37.5 Å². The summed E-state index contributed by atoms with van der Waals surface area (Å²) >= 11 is 0. The van der Waals surface area contributed by atoms with Gasteiger partial charge in [-0.15, -0.1) is 0 Å². The Morgan fingerprint density at radius 3 is 2.95 bits per heavy atom. The van der Waals surface area contributed by atoms with E-state index in [1.807, 2.05) is 16.7 Å². The second-order valence-electron chi connectivity index (χ2n) is 4.49. The molecule has 0 spiro atoms. The molecule has 0 radical (unpaired) electrons. The molecule has 0 saturated carbocycles. The van der Waals surface area contributed by atoms with Crippen molar-refractivity contribution in [3.63, 3.8) is 0 Å². The van der Waals surface area contributed by atoms with Gasteiger partial charge in [0.15, 0.2) is 0 Å². The van der Waals surface area contributed by atoms with Crippen LogP contribution in [0.2, 0.25) is 0 Å². The standard InChI is InChI=1S/C14H18N4O/c1-19-8-4-2-3-7-18-13-9-11(10-15)5-6-12(13)17-14(18)16/h5-6,9H,2-4,7-8H2,1H3,(H2,16,17). The number of nitrogens with two attached hydrogens (primary N) is 1. The van der Waals surface area contributed by atoms with E-state index in [4.69, 9.17) is 15.7 Å². The van der Waals surface area contributed by atoms with Gasteiger partial charge in [0.25, 0.3) is 0 Å². The smallest absolute Gasteiger partial charge is 0.201 e. The molecule has 100 valence electrons. The highest BCUT2D eigenvalue weighted by Crippen LogP contribution is 2.20. The third-order valence-corrected chi connectivity index (χ3v) is 3.14. The summed E-state index contributed by atoms with van der Waals surface area (Å²) in [6, 6.07) is 7.58. The molecule has 5 nitrogen and oxygen atoms in total. The summed E-state index contributed by atoms with van der Waals surface area (Å²) in [7, 11) is 1.71. The van der Waals surface area contributed by atoms with Crippen LogP contribution in [0.4, 0.5) is 5.95 Å². The lowest BCUT2D eigenvalue weighted by molar-refractivity contribution is 0.191. The minimum absolute atomic E-state index is 0.511. The molecule has 0 aliphatic heterocycles. The Labute approximate surface area is 112 Å². The molecule has 0 aliphatic rings. The number of nitrogen functional groups attached to an aromatic ring is 1. The van der Waals surface area contributed by atoms with Crippen molar-refractivity contribution >= 4 is 17.0 Å². The quantitative estimate of drug-likeness (QED) is 0.806. The Morgan fingerprint density at radius 2 is 2.21 bits per heavy atom. The van der Waals surface area contributed by atoms with Gasteiger partial charge in [0.2, 0.25) is 5.95 Å². The molecule has 2 rings (SSSR count). The van der Waals surface area contributed by atoms with Crippen molar-refractivity contribution in [2.24, 2.45) is 0 Å². The van der Waals surface area contributed by atoms with Gasteiger partial charge in [-0.2, -0.15) is 5.26 Å². The molecule has 1 aromatic carbocycles. The molecule has 0 amide bonds. The van der Waals surface area contributed by atoms with Crippen molar-refractivity contribution in [2.75, 3.05) is 19.5 Å². The molecule has 0 saturated heterocycles. The summed E-state index contributed by atoms with van der Waals surface area (Å²) in [5, 5.41) is 8.94. The number of methoxy groups -OCH3 is 1. The molecule has 0 bridgehead atoms. The number of hydrogen-bond acceptors (Lipinski definition) is 4. The molecule has 1 aromatic heterocycles. The molecule has 2 N–H and O–H groups in total. The van der Waals surface area contributed by atoms with Crippen LogP contribution in [0.5, 0.6) is 0 Å². The molecular formula is C14H18N4O. The average molecular weight is 258 g/mol. The van der Waals surface area contributed by atoms with Crippen LogP contribution < -0.4 is 5.73 Å². The zero-order valence-electron chi connectivity index (χ0n) is 11.1. The fraction of sp³-hybridized carbons (Fsp3) is 0.429. The predicted octanol–water partition coefficient (Wildman–Crippen LogP) is 2.31. The highest BCUT2D eigenvalue weighted by Gasteiger charge is 2.08. The predicted molar refractivity (Wildman–Crippen MR) is 74.6 cm³/mol. The number of anilines is 1. The first-order valence-corrected chi connectivity index (χ1v) is 6.41. The number of nitrogens with zero attached hydrogens (tertiary/aromatic N) is 3. The van der Waals surface area contributed by atoms with E-state index in [1.165, 1.54) is 0 Å². The lowest BCUT2D eigenvalue weighted by Crippen LogP contribution is -2.04. The highest BCUT2D eigenvalue weighted by atomic mass is 16.5. The normalized spacial score (nSPS) is 10.7. The van der Waals surface area contributed by atoms with E-state index in [0.29, 0.717) is 11.5 Å². The first kappa shape index (κ1) is 13.4. The van der Waals surface area contributed by atoms with E-state index in [9.17, 15) is 0 Å². The second kappa shape index (κ2) is 6.21. The maximum absolute atomic E-state index is 8.94. The van der Waals surface area contributed by atoms with Crippen LogP contribution in [-0.4, -0.2) is 23.3 Å². The number of ether oxygens (including phenoxy) is 1. The third-order valence-electron chi connectivity index (χ3n) is 3.14. The zero-order chi connectivity index (χ0) is 13.7. The third kappa shape index (κ3) is 3.04. The molecule has 0 atom stereocenters. The van der Waals surface area contributed by atoms with Gasteiger partial charge in [-0.3, -0.25) is 0 Å². The molecule has 0 aliphatic carbocycles. The van der Waals surface area contributed by atoms with Crippen molar-refractivity contribution in [1.29, 1.82) is 5.26 Å². The number of hydrogen-bond donors (Lipinski definition) is 1. The van der Waals surface area contributed by atoms with Crippen LogP contribution in [0.25, 0.3) is 11.0 Å². The maximum atomic E-state index is 8.94. The molecular weight excluding hydrogens is 240 g/mol. The van der Waals surface area contributed by atoms with Crippen LogP contribution in [0.1, 0.15) is 24.8 Å². The van der Waals surface area contributed by atoms with Crippen molar-refractivity contribution in [3.05, 3.63) is 23.8 Å². The van der Waals surface area contributed by atoms with Gasteiger partial charge in [0.05, 0.1) is 22.7 Å². The van der Waals surface area contributed by atoms with Gasteiger partial charge < -0.3 is 15.0 Å². The minimum Gasteiger partial charge on any atom is -0.385 e. The summed E-state index contributed by atoms with van der Waals surface area (Å²) in [4.78, 5) is 4.31. The summed E-state index contributed by atoms with van der Waals surface area (Å²) in [5.41, 5.74) is 8.34. The second-order valence-corrected chi connectivity index (χ2v) is 4.49. The Morgan fingerprint density at radius 1 is 1.37 bits per heavy atom. The number of fused-ring (bicyclic) bond motifs is 1. The average Bonchev–Trinajstić information content (AvgIpc) is 2.74. The van der Waals surface area contributed by atoms with Crippen LogP contribution in [0.3, 0.4) is 0 Å². The number of imidazole rings is 1. The Kier molecular flexibility index (Phi) is 4.37. The summed E-state index contributed by atoms with van der Waals surface area (Å²) < 4.78 is 7.00. The molecule has 19 heavy (non-hydrogen) atoms. The highest BCUT2D eigenvalue weighted by molar-refractivity contribution is 5.79. The van der Waals surface area contributed by atoms with Crippen LogP contribution in [0.15, 0.2) is 18.2 Å². The SMILES string of the molecule is COCCCCCn1c(N)nc2ccc(C#N)cc21. The molecule has 1 heterocycles. The minimum atomic E-state index is 0.511. The lowest BCUT2D eigenvalue weighted by atomic mass is 10.2. The van der Waals surface area contributed by atoms with Crippen LogP contribution >= 0.6 is 0 Å². The van der Waals surface area contributed by atoms with E-state index in [2.05, 4.69) is 11.1 Å². The number of nitriles is 1. The first-order valence-electron chi connectivity index (χ1n) is 6.41. The van der Waals surface area contributed by atoms with E-state index in [-0.39, 0.29) is 0 Å². The molecule has 2 aromatic rings. The Bertz CT molecular complexity index is 597. The van der Waals surface area contributed by atoms with Crippen molar-refractivity contribution in [2.45, 2.75) is 25.8 Å². The number of benzene rings is 1. The number of unbranched alkanes of at least 4 members (excludes halogenated alkanes) is 2. The molecule has 0 unspecified atom stereocenters. The van der Waals surface area contributed by atoms with Gasteiger partial charge in [0, 0.05) is 20.3 Å². The van der Waals surface area contributed by atoms with Gasteiger partial charge in [-0.1, -0.05) is 0 Å². The number of rotatable bonds is 6. The summed E-state index contributed by atoms with van der Waals surface area (Å²) in [6.07, 6.45) is 3.16. The number of aryl methyl sites for hydroxylation is 1. The van der Waals surface area contributed by atoms with Gasteiger partial charge in [-0.25, -0.2) is 4.98 Å². The van der Waals surface area contributed by atoms with E-state index >= 15 is 0 Å². The molecule has 5 heteroatoms. The zero-order valence-corrected chi connectivity index (χ0v) is 11.1. The van der Waals surface area contributed by atoms with E-state index in [1.54, 1.807) is 13.2 Å². The summed E-state index contributed by atoms with van der Waals surface area (Å²) in [6.45, 7) is 1.61. The largest absolute Gasteiger partial charge is 0.385 e. The topological polar surface area (TPSA) is 76.9 Å². The van der Waals surface area contributed by atoms with Gasteiger partial charge in [0.1, 0.15) is 0 Å². The summed E-state index contributed by atoms with van der Waals surface area (Å²) in [5.74, 6) is 0.511. The Hall–Kier alpha value is -2.06. The fourth-order valence-electron chi connectivity index (χ4n) is 2.14. The van der Waals surface area contributed by atoms with Crippen LogP contribution in [0, 0.1) is 11.3 Å².